The number of rotatable bonds is 1. The summed E-state index contributed by atoms with van der Waals surface area (Å²) < 4.78 is 0. The van der Waals surface area contributed by atoms with Gasteiger partial charge < -0.3 is 0 Å². The smallest absolute Gasteiger partial charge is 0.115 e. The van der Waals surface area contributed by atoms with Crippen LogP contribution in [0.2, 0.25) is 5.02 Å². The monoisotopic (exact) mass is 256 g/mol. The standard InChI is InChI=1S/C14H11ClN3/c1-9-5-10(2)7-12(6-9)18-16-13-4-3-11(15)8-14(13)17-18/h3-4,6-8H,1-2H3. The minimum absolute atomic E-state index is 0.670. The molecular formula is C14H11ClN3. The van der Waals surface area contributed by atoms with Gasteiger partial charge in [-0.3, -0.25) is 0 Å². The molecule has 3 aromatic rings. The fourth-order valence-electron chi connectivity index (χ4n) is 1.99. The Morgan fingerprint density at radius 2 is 1.67 bits per heavy atom. The zero-order chi connectivity index (χ0) is 12.7. The topological polar surface area (TPSA) is 30.7 Å². The normalized spacial score (nSPS) is 11.1. The molecule has 3 rings (SSSR count). The number of benzene rings is 2. The maximum Gasteiger partial charge on any atom is 0.115 e. The SMILES string of the molecule is Cc1[c]c(C)cc(-n2nc3ccc(Cl)cc3n2)c1. The van der Waals surface area contributed by atoms with Crippen LogP contribution in [0.5, 0.6) is 0 Å². The van der Waals surface area contributed by atoms with Crippen molar-refractivity contribution in [3.63, 3.8) is 0 Å². The van der Waals surface area contributed by atoms with Crippen LogP contribution in [0.1, 0.15) is 11.1 Å². The van der Waals surface area contributed by atoms with Crippen molar-refractivity contribution in [3.05, 3.63) is 52.5 Å². The molecule has 1 radical (unpaired) electrons. The molecule has 1 heterocycles. The summed E-state index contributed by atoms with van der Waals surface area (Å²) in [5.74, 6) is 0. The van der Waals surface area contributed by atoms with E-state index in [1.165, 1.54) is 0 Å². The van der Waals surface area contributed by atoms with Gasteiger partial charge in [-0.2, -0.15) is 4.80 Å². The Morgan fingerprint density at radius 3 is 2.39 bits per heavy atom. The van der Waals surface area contributed by atoms with E-state index >= 15 is 0 Å². The van der Waals surface area contributed by atoms with Gasteiger partial charge in [0.1, 0.15) is 11.0 Å². The van der Waals surface area contributed by atoms with Gasteiger partial charge in [0.2, 0.25) is 0 Å². The van der Waals surface area contributed by atoms with E-state index in [0.717, 1.165) is 27.8 Å². The van der Waals surface area contributed by atoms with Gasteiger partial charge in [-0.1, -0.05) is 11.6 Å². The second-order valence-corrected chi connectivity index (χ2v) is 4.76. The summed E-state index contributed by atoms with van der Waals surface area (Å²) >= 11 is 5.94. The Kier molecular flexibility index (Phi) is 2.56. The van der Waals surface area contributed by atoms with Crippen LogP contribution in [0.4, 0.5) is 0 Å². The van der Waals surface area contributed by atoms with Crippen LogP contribution in [0.25, 0.3) is 16.7 Å². The average Bonchev–Trinajstić information content (AvgIpc) is 2.70. The second kappa shape index (κ2) is 4.10. The van der Waals surface area contributed by atoms with Gasteiger partial charge in [0, 0.05) is 5.02 Å². The molecule has 0 amide bonds. The van der Waals surface area contributed by atoms with Gasteiger partial charge in [-0.25, -0.2) is 0 Å². The number of fused-ring (bicyclic) bond motifs is 1. The second-order valence-electron chi connectivity index (χ2n) is 4.33. The lowest BCUT2D eigenvalue weighted by Gasteiger charge is -2.02. The van der Waals surface area contributed by atoms with Crippen molar-refractivity contribution in [2.45, 2.75) is 13.8 Å². The van der Waals surface area contributed by atoms with E-state index in [4.69, 9.17) is 11.6 Å². The van der Waals surface area contributed by atoms with E-state index in [0.29, 0.717) is 5.02 Å². The van der Waals surface area contributed by atoms with Crippen LogP contribution < -0.4 is 0 Å². The molecule has 0 N–H and O–H groups in total. The zero-order valence-corrected chi connectivity index (χ0v) is 10.9. The maximum atomic E-state index is 5.94. The van der Waals surface area contributed by atoms with Crippen molar-refractivity contribution in [2.75, 3.05) is 0 Å². The summed E-state index contributed by atoms with van der Waals surface area (Å²) in [6.45, 7) is 4.02. The van der Waals surface area contributed by atoms with E-state index in [9.17, 15) is 0 Å². The van der Waals surface area contributed by atoms with Crippen molar-refractivity contribution in [1.29, 1.82) is 0 Å². The third-order valence-electron chi connectivity index (χ3n) is 2.70. The number of nitrogens with zero attached hydrogens (tertiary/aromatic N) is 3. The molecule has 2 aromatic carbocycles. The first-order valence-electron chi connectivity index (χ1n) is 5.65. The largest absolute Gasteiger partial charge is 0.150 e. The third kappa shape index (κ3) is 1.97. The molecule has 89 valence electrons. The van der Waals surface area contributed by atoms with Gasteiger partial charge in [0.05, 0.1) is 5.69 Å². The molecule has 0 aliphatic carbocycles. The van der Waals surface area contributed by atoms with Crippen molar-refractivity contribution in [3.8, 4) is 5.69 Å². The lowest BCUT2D eigenvalue weighted by atomic mass is 10.1. The van der Waals surface area contributed by atoms with Crippen LogP contribution >= 0.6 is 11.6 Å². The summed E-state index contributed by atoms with van der Waals surface area (Å²) in [4.78, 5) is 1.63. The first kappa shape index (κ1) is 11.2. The van der Waals surface area contributed by atoms with Gasteiger partial charge >= 0.3 is 0 Å². The van der Waals surface area contributed by atoms with Gasteiger partial charge in [0.15, 0.2) is 0 Å². The molecule has 0 bridgehead atoms. The Labute approximate surface area is 110 Å². The molecule has 0 saturated heterocycles. The number of aromatic nitrogens is 3. The highest BCUT2D eigenvalue weighted by atomic mass is 35.5. The zero-order valence-electron chi connectivity index (χ0n) is 10.1. The van der Waals surface area contributed by atoms with Gasteiger partial charge in [0.25, 0.3) is 0 Å². The van der Waals surface area contributed by atoms with Crippen LogP contribution in [0.3, 0.4) is 0 Å². The third-order valence-corrected chi connectivity index (χ3v) is 2.93. The minimum Gasteiger partial charge on any atom is -0.150 e. The van der Waals surface area contributed by atoms with Crippen molar-refractivity contribution in [2.24, 2.45) is 0 Å². The predicted molar refractivity (Wildman–Crippen MR) is 72.2 cm³/mol. The van der Waals surface area contributed by atoms with E-state index in [-0.39, 0.29) is 0 Å². The highest BCUT2D eigenvalue weighted by Crippen LogP contribution is 2.18. The fraction of sp³-hybridized carbons (Fsp3) is 0.143. The molecule has 0 saturated carbocycles. The molecule has 0 unspecified atom stereocenters. The lowest BCUT2D eigenvalue weighted by molar-refractivity contribution is 0.764. The molecular weight excluding hydrogens is 246 g/mol. The van der Waals surface area contributed by atoms with Crippen LogP contribution in [0, 0.1) is 19.9 Å². The molecule has 0 aliphatic heterocycles. The molecule has 0 spiro atoms. The summed E-state index contributed by atoms with van der Waals surface area (Å²) in [5.41, 5.74) is 4.72. The Balaban J connectivity index is 2.19. The average molecular weight is 257 g/mol. The van der Waals surface area contributed by atoms with Gasteiger partial charge in [-0.15, -0.1) is 10.2 Å². The Hall–Kier alpha value is -1.87. The molecule has 4 heteroatoms. The van der Waals surface area contributed by atoms with Gasteiger partial charge in [-0.05, 0) is 61.4 Å². The highest BCUT2D eigenvalue weighted by Gasteiger charge is 2.06. The lowest BCUT2D eigenvalue weighted by Crippen LogP contribution is -1.99. The Morgan fingerprint density at radius 1 is 1.00 bits per heavy atom. The van der Waals surface area contributed by atoms with E-state index in [1.807, 2.05) is 44.2 Å². The van der Waals surface area contributed by atoms with E-state index in [2.05, 4.69) is 16.3 Å². The summed E-state index contributed by atoms with van der Waals surface area (Å²) in [6.07, 6.45) is 0. The molecule has 1 aromatic heterocycles. The quantitative estimate of drug-likeness (QED) is 0.667. The molecule has 18 heavy (non-hydrogen) atoms. The van der Waals surface area contributed by atoms with Crippen molar-refractivity contribution in [1.82, 2.24) is 15.0 Å². The number of aryl methyl sites for hydroxylation is 2. The molecule has 0 atom stereocenters. The number of halogens is 1. The number of hydrogen-bond donors (Lipinski definition) is 0. The summed E-state index contributed by atoms with van der Waals surface area (Å²) in [6, 6.07) is 12.8. The molecule has 0 fully saturated rings. The fourth-order valence-corrected chi connectivity index (χ4v) is 2.15. The first-order chi connectivity index (χ1) is 8.61. The molecule has 0 aliphatic rings. The minimum atomic E-state index is 0.670. The maximum absolute atomic E-state index is 5.94. The summed E-state index contributed by atoms with van der Waals surface area (Å²) in [5, 5.41) is 9.54. The number of hydrogen-bond acceptors (Lipinski definition) is 2. The van der Waals surface area contributed by atoms with Crippen molar-refractivity contribution >= 4 is 22.6 Å². The molecule has 3 nitrogen and oxygen atoms in total. The van der Waals surface area contributed by atoms with E-state index in [1.54, 1.807) is 4.80 Å². The van der Waals surface area contributed by atoms with Crippen LogP contribution in [-0.4, -0.2) is 15.0 Å². The first-order valence-corrected chi connectivity index (χ1v) is 6.03. The highest BCUT2D eigenvalue weighted by molar-refractivity contribution is 6.31. The van der Waals surface area contributed by atoms with Crippen molar-refractivity contribution < 1.29 is 0 Å². The predicted octanol–water partition coefficient (Wildman–Crippen LogP) is 3.49. The Bertz CT molecular complexity index is 711. The summed E-state index contributed by atoms with van der Waals surface area (Å²) in [7, 11) is 0. The van der Waals surface area contributed by atoms with E-state index < -0.39 is 0 Å². The van der Waals surface area contributed by atoms with Crippen LogP contribution in [0.15, 0.2) is 30.3 Å². The van der Waals surface area contributed by atoms with Crippen LogP contribution in [-0.2, 0) is 0 Å².